The topological polar surface area (TPSA) is 29.3 Å². The summed E-state index contributed by atoms with van der Waals surface area (Å²) in [6.45, 7) is 0.0768. The van der Waals surface area contributed by atoms with E-state index in [-0.39, 0.29) is 6.04 Å². The molecule has 5 heteroatoms. The fourth-order valence-electron chi connectivity index (χ4n) is 1.49. The molecule has 0 unspecified atom stereocenters. The zero-order chi connectivity index (χ0) is 9.19. The third-order valence-corrected chi connectivity index (χ3v) is 1.94. The van der Waals surface area contributed by atoms with Gasteiger partial charge >= 0.3 is 6.18 Å². The first-order valence-corrected chi connectivity index (χ1v) is 4.02. The predicted molar refractivity (Wildman–Crippen MR) is 39.7 cm³/mol. The van der Waals surface area contributed by atoms with E-state index in [4.69, 9.17) is 5.73 Å². The van der Waals surface area contributed by atoms with E-state index in [9.17, 15) is 13.2 Å². The van der Waals surface area contributed by atoms with Crippen LogP contribution in [-0.2, 0) is 0 Å². The summed E-state index contributed by atoms with van der Waals surface area (Å²) < 4.78 is 35.7. The van der Waals surface area contributed by atoms with Gasteiger partial charge in [0.05, 0.1) is 6.54 Å². The van der Waals surface area contributed by atoms with E-state index in [1.54, 1.807) is 0 Å². The maximum Gasteiger partial charge on any atom is 0.401 e. The molecule has 0 aromatic heterocycles. The Morgan fingerprint density at radius 1 is 1.42 bits per heavy atom. The van der Waals surface area contributed by atoms with Crippen LogP contribution in [0.3, 0.4) is 0 Å². The SMILES string of the molecule is N[C@H]1CCCN(CC(F)(F)F)C1. The maximum absolute atomic E-state index is 11.9. The third-order valence-electron chi connectivity index (χ3n) is 1.94. The van der Waals surface area contributed by atoms with Crippen molar-refractivity contribution in [1.29, 1.82) is 0 Å². The lowest BCUT2D eigenvalue weighted by Crippen LogP contribution is -2.46. The van der Waals surface area contributed by atoms with Crippen LogP contribution in [0.5, 0.6) is 0 Å². The Labute approximate surface area is 69.5 Å². The molecule has 0 saturated carbocycles. The average molecular weight is 182 g/mol. The molecule has 0 aliphatic carbocycles. The smallest absolute Gasteiger partial charge is 0.327 e. The minimum atomic E-state index is -4.09. The summed E-state index contributed by atoms with van der Waals surface area (Å²) in [5.74, 6) is 0. The molecule has 1 rings (SSSR count). The van der Waals surface area contributed by atoms with Crippen molar-refractivity contribution in [1.82, 2.24) is 4.90 Å². The zero-order valence-electron chi connectivity index (χ0n) is 6.77. The lowest BCUT2D eigenvalue weighted by molar-refractivity contribution is -0.148. The largest absolute Gasteiger partial charge is 0.401 e. The van der Waals surface area contributed by atoms with Crippen molar-refractivity contribution < 1.29 is 13.2 Å². The van der Waals surface area contributed by atoms with Gasteiger partial charge in [0.1, 0.15) is 0 Å². The first-order valence-electron chi connectivity index (χ1n) is 4.02. The molecule has 0 aromatic rings. The van der Waals surface area contributed by atoms with Crippen LogP contribution < -0.4 is 5.73 Å². The van der Waals surface area contributed by atoms with Crippen LogP contribution in [0.1, 0.15) is 12.8 Å². The van der Waals surface area contributed by atoms with E-state index in [0.29, 0.717) is 13.1 Å². The first-order chi connectivity index (χ1) is 5.47. The molecule has 72 valence electrons. The molecule has 12 heavy (non-hydrogen) atoms. The number of hydrogen-bond acceptors (Lipinski definition) is 2. The standard InChI is InChI=1S/C7H13F3N2/c8-7(9,10)5-12-3-1-2-6(11)4-12/h6H,1-5,11H2/t6-/m0/s1. The average Bonchev–Trinajstić information content (AvgIpc) is 1.82. The molecule has 0 bridgehead atoms. The van der Waals surface area contributed by atoms with Gasteiger partial charge in [0.2, 0.25) is 0 Å². The second kappa shape index (κ2) is 3.62. The Balaban J connectivity index is 2.32. The quantitative estimate of drug-likeness (QED) is 0.654. The molecule has 0 radical (unpaired) electrons. The number of nitrogens with two attached hydrogens (primary N) is 1. The molecule has 0 amide bonds. The lowest BCUT2D eigenvalue weighted by Gasteiger charge is -2.30. The molecule has 1 saturated heterocycles. The van der Waals surface area contributed by atoms with E-state index in [2.05, 4.69) is 0 Å². The predicted octanol–water partition coefficient (Wildman–Crippen LogP) is 0.972. The van der Waals surface area contributed by atoms with Crippen molar-refractivity contribution in [3.63, 3.8) is 0 Å². The Morgan fingerprint density at radius 3 is 2.58 bits per heavy atom. The van der Waals surface area contributed by atoms with Crippen LogP contribution in [0.15, 0.2) is 0 Å². The van der Waals surface area contributed by atoms with Gasteiger partial charge in [0.15, 0.2) is 0 Å². The molecule has 0 spiro atoms. The van der Waals surface area contributed by atoms with E-state index < -0.39 is 12.7 Å². The summed E-state index contributed by atoms with van der Waals surface area (Å²) in [5.41, 5.74) is 5.53. The van der Waals surface area contributed by atoms with Gasteiger partial charge in [0.25, 0.3) is 0 Å². The van der Waals surface area contributed by atoms with E-state index >= 15 is 0 Å². The van der Waals surface area contributed by atoms with Gasteiger partial charge in [-0.3, -0.25) is 4.90 Å². The van der Waals surface area contributed by atoms with Crippen LogP contribution in [-0.4, -0.2) is 36.8 Å². The fourth-order valence-corrected chi connectivity index (χ4v) is 1.49. The summed E-state index contributed by atoms with van der Waals surface area (Å²) in [4.78, 5) is 1.37. The molecule has 1 atom stereocenters. The fraction of sp³-hybridized carbons (Fsp3) is 1.00. The third kappa shape index (κ3) is 3.40. The van der Waals surface area contributed by atoms with Crippen LogP contribution in [0.4, 0.5) is 13.2 Å². The second-order valence-corrected chi connectivity index (χ2v) is 3.25. The number of likely N-dealkylation sites (tertiary alicyclic amines) is 1. The molecule has 1 heterocycles. The maximum atomic E-state index is 11.9. The highest BCUT2D eigenvalue weighted by atomic mass is 19.4. The number of rotatable bonds is 1. The summed E-state index contributed by atoms with van der Waals surface area (Å²) in [6.07, 6.45) is -2.47. The highest BCUT2D eigenvalue weighted by molar-refractivity contribution is 4.76. The second-order valence-electron chi connectivity index (χ2n) is 3.25. The summed E-state index contributed by atoms with van der Waals surface area (Å²) in [6, 6.07) is -0.0823. The van der Waals surface area contributed by atoms with Gasteiger partial charge in [-0.25, -0.2) is 0 Å². The monoisotopic (exact) mass is 182 g/mol. The minimum absolute atomic E-state index is 0.0823. The van der Waals surface area contributed by atoms with Crippen molar-refractivity contribution >= 4 is 0 Å². The Hall–Kier alpha value is -0.290. The van der Waals surface area contributed by atoms with Crippen molar-refractivity contribution in [2.24, 2.45) is 5.73 Å². The van der Waals surface area contributed by atoms with Crippen LogP contribution in [0, 0.1) is 0 Å². The Bertz CT molecular complexity index is 146. The Kier molecular flexibility index (Phi) is 2.95. The molecule has 2 N–H and O–H groups in total. The van der Waals surface area contributed by atoms with Gasteiger partial charge in [0, 0.05) is 12.6 Å². The molecular formula is C7H13F3N2. The highest BCUT2D eigenvalue weighted by Crippen LogP contribution is 2.18. The van der Waals surface area contributed by atoms with Crippen LogP contribution >= 0.6 is 0 Å². The van der Waals surface area contributed by atoms with Crippen molar-refractivity contribution in [3.05, 3.63) is 0 Å². The van der Waals surface area contributed by atoms with Crippen molar-refractivity contribution in [3.8, 4) is 0 Å². The summed E-state index contributed by atoms with van der Waals surface area (Å²) in [5, 5.41) is 0. The normalized spacial score (nSPS) is 27.5. The van der Waals surface area contributed by atoms with E-state index in [0.717, 1.165) is 12.8 Å². The van der Waals surface area contributed by atoms with Gasteiger partial charge in [-0.05, 0) is 19.4 Å². The zero-order valence-corrected chi connectivity index (χ0v) is 6.77. The number of nitrogens with zero attached hydrogens (tertiary/aromatic N) is 1. The Morgan fingerprint density at radius 2 is 2.08 bits per heavy atom. The van der Waals surface area contributed by atoms with Gasteiger partial charge in [-0.2, -0.15) is 13.2 Å². The van der Waals surface area contributed by atoms with Crippen molar-refractivity contribution in [2.45, 2.75) is 25.1 Å². The van der Waals surface area contributed by atoms with E-state index in [1.165, 1.54) is 4.90 Å². The minimum Gasteiger partial charge on any atom is -0.327 e. The highest BCUT2D eigenvalue weighted by Gasteiger charge is 2.32. The van der Waals surface area contributed by atoms with Crippen molar-refractivity contribution in [2.75, 3.05) is 19.6 Å². The number of hydrogen-bond donors (Lipinski definition) is 1. The first kappa shape index (κ1) is 9.80. The van der Waals surface area contributed by atoms with Crippen LogP contribution in [0.25, 0.3) is 0 Å². The number of piperidine rings is 1. The van der Waals surface area contributed by atoms with Gasteiger partial charge in [-0.15, -0.1) is 0 Å². The number of alkyl halides is 3. The van der Waals surface area contributed by atoms with Crippen LogP contribution in [0.2, 0.25) is 0 Å². The molecule has 0 aromatic carbocycles. The molecule has 1 fully saturated rings. The molecule has 1 aliphatic rings. The van der Waals surface area contributed by atoms with Gasteiger partial charge < -0.3 is 5.73 Å². The lowest BCUT2D eigenvalue weighted by atomic mass is 10.1. The molecule has 2 nitrogen and oxygen atoms in total. The number of halogens is 3. The van der Waals surface area contributed by atoms with Gasteiger partial charge in [-0.1, -0.05) is 0 Å². The molecular weight excluding hydrogens is 169 g/mol. The molecule has 1 aliphatic heterocycles. The van der Waals surface area contributed by atoms with E-state index in [1.807, 2.05) is 0 Å². The summed E-state index contributed by atoms with van der Waals surface area (Å²) >= 11 is 0. The summed E-state index contributed by atoms with van der Waals surface area (Å²) in [7, 11) is 0.